The van der Waals surface area contributed by atoms with Gasteiger partial charge >= 0.3 is 0 Å². The molecule has 5 atom stereocenters. The van der Waals surface area contributed by atoms with E-state index in [1.165, 1.54) is 94.2 Å². The highest BCUT2D eigenvalue weighted by Gasteiger charge is 2.66. The molecule has 214 valence electrons. The van der Waals surface area contributed by atoms with Crippen molar-refractivity contribution in [3.05, 3.63) is 100 Å². The van der Waals surface area contributed by atoms with E-state index in [0.29, 0.717) is 17.8 Å². The van der Waals surface area contributed by atoms with Crippen LogP contribution in [0, 0.1) is 35.0 Å². The van der Waals surface area contributed by atoms with E-state index >= 15 is 0 Å². The van der Waals surface area contributed by atoms with Gasteiger partial charge in [-0.25, -0.2) is 0 Å². The zero-order chi connectivity index (χ0) is 29.4. The second-order valence-corrected chi connectivity index (χ2v) is 14.8. The molecule has 1 aromatic carbocycles. The molecule has 0 nitrogen and oxygen atoms in total. The predicted molar refractivity (Wildman–Crippen MR) is 175 cm³/mol. The first-order chi connectivity index (χ1) is 18.7. The minimum Gasteiger partial charge on any atom is -0.0996 e. The molecule has 40 heavy (non-hydrogen) atoms. The van der Waals surface area contributed by atoms with Gasteiger partial charge in [-0.3, -0.25) is 0 Å². The van der Waals surface area contributed by atoms with Crippen molar-refractivity contribution in [3.63, 3.8) is 0 Å². The van der Waals surface area contributed by atoms with Gasteiger partial charge in [0.1, 0.15) is 0 Å². The summed E-state index contributed by atoms with van der Waals surface area (Å²) in [5.41, 5.74) is 14.9. The topological polar surface area (TPSA) is 0 Å². The van der Waals surface area contributed by atoms with Gasteiger partial charge in [0.2, 0.25) is 0 Å². The van der Waals surface area contributed by atoms with Crippen molar-refractivity contribution < 1.29 is 0 Å². The summed E-state index contributed by atoms with van der Waals surface area (Å²) in [6.07, 6.45) is 10.3. The summed E-state index contributed by atoms with van der Waals surface area (Å²) in [4.78, 5) is 0. The van der Waals surface area contributed by atoms with E-state index in [-0.39, 0.29) is 16.2 Å². The van der Waals surface area contributed by atoms with E-state index in [4.69, 9.17) is 19.7 Å². The molecule has 1 aromatic rings. The maximum atomic E-state index is 4.90. The zero-order valence-corrected chi connectivity index (χ0v) is 26.9. The largest absolute Gasteiger partial charge is 0.0996 e. The number of rotatable bonds is 4. The molecule has 0 unspecified atom stereocenters. The molecular formula is C40H54. The van der Waals surface area contributed by atoms with Crippen LogP contribution < -0.4 is 0 Å². The van der Waals surface area contributed by atoms with Crippen LogP contribution in [0.1, 0.15) is 122 Å². The summed E-state index contributed by atoms with van der Waals surface area (Å²) in [7, 11) is 0. The molecule has 0 spiro atoms. The first-order valence-corrected chi connectivity index (χ1v) is 16.0. The van der Waals surface area contributed by atoms with E-state index in [1.807, 2.05) is 0 Å². The Hall–Kier alpha value is -2.34. The number of aryl methyl sites for hydroxylation is 1. The SMILES string of the molecule is C=C(C)C1=C(C)C[C@@]2(C)[C@H](CC(=C)C3CCCCCC3)[C@]3(C)C(=C(C)[C@@]2(C)C1=C)C(=C)c1c(C)cccc1[C@H]3C. The highest BCUT2D eigenvalue weighted by atomic mass is 14.7. The molecule has 0 aliphatic heterocycles. The molecule has 0 heterocycles. The molecule has 4 aliphatic carbocycles. The second kappa shape index (κ2) is 9.89. The molecule has 1 fully saturated rings. The number of fused-ring (bicyclic) bond motifs is 3. The maximum absolute atomic E-state index is 4.90. The fourth-order valence-corrected chi connectivity index (χ4v) is 10.4. The molecular weight excluding hydrogens is 480 g/mol. The molecule has 0 bridgehead atoms. The average Bonchev–Trinajstić information content (AvgIpc) is 3.17. The number of hydrogen-bond acceptors (Lipinski definition) is 0. The lowest BCUT2D eigenvalue weighted by atomic mass is 9.35. The molecule has 4 aliphatic rings. The number of allylic oxidation sites excluding steroid dienone is 8. The summed E-state index contributed by atoms with van der Waals surface area (Å²) in [6.45, 7) is 38.5. The van der Waals surface area contributed by atoms with Crippen LogP contribution in [-0.4, -0.2) is 0 Å². The summed E-state index contributed by atoms with van der Waals surface area (Å²) in [6, 6.07) is 6.90. The molecule has 0 amide bonds. The van der Waals surface area contributed by atoms with E-state index in [1.54, 1.807) is 0 Å². The van der Waals surface area contributed by atoms with Crippen LogP contribution in [0.15, 0.2) is 83.5 Å². The minimum absolute atomic E-state index is 0.0129. The van der Waals surface area contributed by atoms with E-state index in [2.05, 4.69) is 80.2 Å². The van der Waals surface area contributed by atoms with Gasteiger partial charge in [0.25, 0.3) is 0 Å². The van der Waals surface area contributed by atoms with Gasteiger partial charge in [-0.1, -0.05) is 120 Å². The molecule has 0 radical (unpaired) electrons. The van der Waals surface area contributed by atoms with Gasteiger partial charge in [-0.05, 0) is 116 Å². The summed E-state index contributed by atoms with van der Waals surface area (Å²) in [5, 5.41) is 0. The third-order valence-corrected chi connectivity index (χ3v) is 12.9. The molecule has 0 heteroatoms. The van der Waals surface area contributed by atoms with E-state index in [0.717, 1.165) is 18.4 Å². The Labute approximate surface area is 246 Å². The Morgan fingerprint density at radius 3 is 2.17 bits per heavy atom. The summed E-state index contributed by atoms with van der Waals surface area (Å²) < 4.78 is 0. The Balaban J connectivity index is 1.79. The van der Waals surface area contributed by atoms with E-state index in [9.17, 15) is 0 Å². The van der Waals surface area contributed by atoms with Gasteiger partial charge in [-0.15, -0.1) is 0 Å². The van der Waals surface area contributed by atoms with Crippen LogP contribution in [0.3, 0.4) is 0 Å². The van der Waals surface area contributed by atoms with Crippen LogP contribution in [0.2, 0.25) is 0 Å². The highest BCUT2D eigenvalue weighted by molar-refractivity contribution is 5.87. The number of hydrogen-bond donors (Lipinski definition) is 0. The fourth-order valence-electron chi connectivity index (χ4n) is 10.4. The number of benzene rings is 1. The smallest absolute Gasteiger partial charge is 0.0197 e. The molecule has 0 saturated heterocycles. The monoisotopic (exact) mass is 534 g/mol. The summed E-state index contributed by atoms with van der Waals surface area (Å²) in [5.74, 6) is 1.48. The lowest BCUT2D eigenvalue weighted by Gasteiger charge is -2.68. The van der Waals surface area contributed by atoms with Crippen molar-refractivity contribution in [2.24, 2.45) is 28.1 Å². The van der Waals surface area contributed by atoms with Gasteiger partial charge in [0.05, 0.1) is 0 Å². The van der Waals surface area contributed by atoms with Crippen molar-refractivity contribution in [3.8, 4) is 0 Å². The lowest BCUT2D eigenvalue weighted by Crippen LogP contribution is -2.59. The maximum Gasteiger partial charge on any atom is 0.0197 e. The third kappa shape index (κ3) is 3.77. The fraction of sp³-hybridized carbons (Fsp3) is 0.550. The van der Waals surface area contributed by atoms with Gasteiger partial charge in [-0.2, -0.15) is 0 Å². The van der Waals surface area contributed by atoms with E-state index < -0.39 is 0 Å². The van der Waals surface area contributed by atoms with Crippen LogP contribution in [0.25, 0.3) is 5.57 Å². The van der Waals surface area contributed by atoms with Crippen molar-refractivity contribution in [1.29, 1.82) is 0 Å². The minimum atomic E-state index is -0.174. The van der Waals surface area contributed by atoms with Crippen molar-refractivity contribution in [2.45, 2.75) is 113 Å². The van der Waals surface area contributed by atoms with Crippen LogP contribution in [0.5, 0.6) is 0 Å². The van der Waals surface area contributed by atoms with Gasteiger partial charge in [0, 0.05) is 10.8 Å². The highest BCUT2D eigenvalue weighted by Crippen LogP contribution is 2.75. The Morgan fingerprint density at radius 2 is 1.57 bits per heavy atom. The first-order valence-electron chi connectivity index (χ1n) is 16.0. The standard InChI is InChI=1S/C40H54/c1-24(2)35-27(5)23-38(10)34(22-26(4)32-19-15-13-14-16-20-32)39(11)29(7)33-21-17-18-25(3)36(33)28(6)37(39)31(9)40(38,12)30(35)8/h17-18,21,29,32,34H,1,4,6,8,13-16,19-20,22-23H2,2-3,5,7,9-12H3/t29-,34+,38+,39-,40-/m1/s1. The zero-order valence-electron chi connectivity index (χ0n) is 26.9. The van der Waals surface area contributed by atoms with Crippen LogP contribution >= 0.6 is 0 Å². The first kappa shape index (κ1) is 29.2. The lowest BCUT2D eigenvalue weighted by molar-refractivity contribution is -0.0379. The summed E-state index contributed by atoms with van der Waals surface area (Å²) >= 11 is 0. The molecule has 1 saturated carbocycles. The normalized spacial score (nSPS) is 34.7. The Morgan fingerprint density at radius 1 is 0.950 bits per heavy atom. The quantitative estimate of drug-likeness (QED) is 0.266. The molecule has 5 rings (SSSR count). The van der Waals surface area contributed by atoms with Crippen LogP contribution in [-0.2, 0) is 0 Å². The predicted octanol–water partition coefficient (Wildman–Crippen LogP) is 11.9. The molecule has 0 aromatic heterocycles. The molecule has 0 N–H and O–H groups in total. The van der Waals surface area contributed by atoms with Crippen molar-refractivity contribution in [1.82, 2.24) is 0 Å². The third-order valence-electron chi connectivity index (χ3n) is 12.9. The van der Waals surface area contributed by atoms with Crippen molar-refractivity contribution in [2.75, 3.05) is 0 Å². The van der Waals surface area contributed by atoms with Gasteiger partial charge in [0.15, 0.2) is 0 Å². The Bertz CT molecular complexity index is 1360. The van der Waals surface area contributed by atoms with Crippen molar-refractivity contribution >= 4 is 5.57 Å². The van der Waals surface area contributed by atoms with Crippen LogP contribution in [0.4, 0.5) is 0 Å². The average molecular weight is 535 g/mol. The van der Waals surface area contributed by atoms with Gasteiger partial charge < -0.3 is 0 Å². The second-order valence-electron chi connectivity index (χ2n) is 14.8. The Kier molecular flexibility index (Phi) is 7.21.